The van der Waals surface area contributed by atoms with Crippen molar-refractivity contribution in [3.63, 3.8) is 0 Å². The average molecular weight is 424 g/mol. The molecule has 1 saturated carbocycles. The van der Waals surface area contributed by atoms with Gasteiger partial charge in [0.2, 0.25) is 0 Å². The Kier molecular flexibility index (Phi) is 5.14. The molecule has 158 valence electrons. The molecule has 0 N–H and O–H groups in total. The highest BCUT2D eigenvalue weighted by Crippen LogP contribution is 2.33. The minimum Gasteiger partial charge on any atom is -0.294 e. The van der Waals surface area contributed by atoms with Crippen molar-refractivity contribution in [2.45, 2.75) is 25.7 Å². The lowest BCUT2D eigenvalue weighted by Gasteiger charge is -2.17. The predicted octanol–water partition coefficient (Wildman–Crippen LogP) is 5.86. The SMILES string of the molecule is O=C(c1ccc(C(=O)C2CC2)cc1)c1cc(CC2=CCC(=O)c3ccccc32)ccc1F. The second-order valence-corrected chi connectivity index (χ2v) is 8.44. The number of Topliss-reactive ketones (excluding diaryl/α,β-unsaturated/α-hetero) is 2. The van der Waals surface area contributed by atoms with Gasteiger partial charge in [0.1, 0.15) is 5.82 Å². The zero-order chi connectivity index (χ0) is 22.2. The Morgan fingerprint density at radius 2 is 1.56 bits per heavy atom. The lowest BCUT2D eigenvalue weighted by molar-refractivity contribution is 0.0964. The highest BCUT2D eigenvalue weighted by molar-refractivity contribution is 6.10. The van der Waals surface area contributed by atoms with Crippen molar-refractivity contribution in [3.8, 4) is 0 Å². The van der Waals surface area contributed by atoms with E-state index < -0.39 is 11.6 Å². The van der Waals surface area contributed by atoms with Gasteiger partial charge in [-0.25, -0.2) is 4.39 Å². The quantitative estimate of drug-likeness (QED) is 0.466. The molecule has 0 amide bonds. The first-order chi connectivity index (χ1) is 15.5. The summed E-state index contributed by atoms with van der Waals surface area (Å²) in [6.45, 7) is 0. The molecule has 0 aromatic heterocycles. The maximum Gasteiger partial charge on any atom is 0.195 e. The molecule has 0 heterocycles. The number of benzene rings is 3. The lowest BCUT2D eigenvalue weighted by atomic mass is 9.86. The molecule has 0 spiro atoms. The van der Waals surface area contributed by atoms with Crippen LogP contribution in [0.2, 0.25) is 0 Å². The van der Waals surface area contributed by atoms with Gasteiger partial charge in [0.15, 0.2) is 17.3 Å². The second-order valence-electron chi connectivity index (χ2n) is 8.44. The minimum absolute atomic E-state index is 0.00420. The van der Waals surface area contributed by atoms with Gasteiger partial charge in [-0.15, -0.1) is 0 Å². The fourth-order valence-electron chi connectivity index (χ4n) is 4.21. The zero-order valence-corrected chi connectivity index (χ0v) is 17.4. The van der Waals surface area contributed by atoms with Crippen molar-refractivity contribution in [2.24, 2.45) is 5.92 Å². The van der Waals surface area contributed by atoms with Crippen LogP contribution in [0.15, 0.2) is 72.8 Å². The van der Waals surface area contributed by atoms with Gasteiger partial charge in [-0.3, -0.25) is 14.4 Å². The number of rotatable bonds is 6. The zero-order valence-electron chi connectivity index (χ0n) is 17.4. The minimum atomic E-state index is -0.579. The number of fused-ring (bicyclic) bond motifs is 1. The molecule has 32 heavy (non-hydrogen) atoms. The van der Waals surface area contributed by atoms with Gasteiger partial charge in [0.25, 0.3) is 0 Å². The van der Waals surface area contributed by atoms with Crippen LogP contribution in [0.5, 0.6) is 0 Å². The summed E-state index contributed by atoms with van der Waals surface area (Å²) in [5.41, 5.74) is 4.32. The first kappa shape index (κ1) is 20.3. The fraction of sp³-hybridized carbons (Fsp3) is 0.179. The number of ketones is 3. The summed E-state index contributed by atoms with van der Waals surface area (Å²) in [6, 6.07) is 18.5. The van der Waals surface area contributed by atoms with Gasteiger partial charge in [0, 0.05) is 29.0 Å². The number of carbonyl (C=O) groups excluding carboxylic acids is 3. The Morgan fingerprint density at radius 3 is 2.28 bits per heavy atom. The van der Waals surface area contributed by atoms with Crippen molar-refractivity contribution in [3.05, 3.63) is 112 Å². The van der Waals surface area contributed by atoms with E-state index in [9.17, 15) is 18.8 Å². The highest BCUT2D eigenvalue weighted by atomic mass is 19.1. The lowest BCUT2D eigenvalue weighted by Crippen LogP contribution is -2.10. The molecule has 4 heteroatoms. The molecule has 0 unspecified atom stereocenters. The summed E-state index contributed by atoms with van der Waals surface area (Å²) in [6.07, 6.45) is 4.59. The summed E-state index contributed by atoms with van der Waals surface area (Å²) < 4.78 is 14.6. The van der Waals surface area contributed by atoms with Gasteiger partial charge >= 0.3 is 0 Å². The molecular weight excluding hydrogens is 403 g/mol. The number of hydrogen-bond acceptors (Lipinski definition) is 3. The molecule has 0 radical (unpaired) electrons. The second kappa shape index (κ2) is 8.12. The Balaban J connectivity index is 1.40. The first-order valence-corrected chi connectivity index (χ1v) is 10.8. The Bertz CT molecular complexity index is 1280. The summed E-state index contributed by atoms with van der Waals surface area (Å²) >= 11 is 0. The Hall–Kier alpha value is -3.66. The highest BCUT2D eigenvalue weighted by Gasteiger charge is 2.30. The van der Waals surface area contributed by atoms with Crippen LogP contribution in [0.4, 0.5) is 4.39 Å². The molecule has 0 bridgehead atoms. The van der Waals surface area contributed by atoms with Crippen molar-refractivity contribution in [1.29, 1.82) is 0 Å². The third-order valence-electron chi connectivity index (χ3n) is 6.16. The van der Waals surface area contributed by atoms with E-state index in [-0.39, 0.29) is 23.0 Å². The van der Waals surface area contributed by atoms with Gasteiger partial charge in [-0.05, 0) is 48.1 Å². The van der Waals surface area contributed by atoms with Crippen molar-refractivity contribution < 1.29 is 18.8 Å². The maximum absolute atomic E-state index is 14.6. The molecule has 0 saturated heterocycles. The van der Waals surface area contributed by atoms with E-state index in [0.29, 0.717) is 29.5 Å². The van der Waals surface area contributed by atoms with Crippen LogP contribution in [0.3, 0.4) is 0 Å². The Morgan fingerprint density at radius 1 is 0.875 bits per heavy atom. The van der Waals surface area contributed by atoms with E-state index in [0.717, 1.165) is 29.5 Å². The largest absolute Gasteiger partial charge is 0.294 e. The first-order valence-electron chi connectivity index (χ1n) is 10.8. The van der Waals surface area contributed by atoms with E-state index in [1.807, 2.05) is 30.3 Å². The standard InChI is InChI=1S/C28H21FO3/c29-25-13-5-17(15-21-12-14-26(30)23-4-2-1-3-22(21)23)16-24(25)28(32)20-10-8-19(9-11-20)27(31)18-6-7-18/h1-5,8-13,16,18H,6-7,14-15H2. The predicted molar refractivity (Wildman–Crippen MR) is 120 cm³/mol. The molecule has 3 aromatic carbocycles. The van der Waals surface area contributed by atoms with Crippen molar-refractivity contribution >= 4 is 22.9 Å². The van der Waals surface area contributed by atoms with Gasteiger partial charge < -0.3 is 0 Å². The van der Waals surface area contributed by atoms with Gasteiger partial charge in [-0.1, -0.05) is 60.7 Å². The van der Waals surface area contributed by atoms with E-state index in [4.69, 9.17) is 0 Å². The fourth-order valence-corrected chi connectivity index (χ4v) is 4.21. The maximum atomic E-state index is 14.6. The molecular formula is C28H21FO3. The van der Waals surface area contributed by atoms with Crippen LogP contribution in [-0.4, -0.2) is 17.3 Å². The normalized spacial score (nSPS) is 15.2. The topological polar surface area (TPSA) is 51.2 Å². The van der Waals surface area contributed by atoms with Gasteiger partial charge in [0.05, 0.1) is 5.56 Å². The number of halogens is 1. The van der Waals surface area contributed by atoms with E-state index in [2.05, 4.69) is 0 Å². The van der Waals surface area contributed by atoms with Crippen LogP contribution >= 0.6 is 0 Å². The van der Waals surface area contributed by atoms with Crippen molar-refractivity contribution in [1.82, 2.24) is 0 Å². The monoisotopic (exact) mass is 424 g/mol. The third kappa shape index (κ3) is 3.84. The van der Waals surface area contributed by atoms with Crippen LogP contribution in [-0.2, 0) is 6.42 Å². The van der Waals surface area contributed by atoms with E-state index >= 15 is 0 Å². The van der Waals surface area contributed by atoms with Crippen LogP contribution in [0, 0.1) is 11.7 Å². The summed E-state index contributed by atoms with van der Waals surface area (Å²) in [5.74, 6) is -0.687. The number of carbonyl (C=O) groups is 3. The summed E-state index contributed by atoms with van der Waals surface area (Å²) in [4.78, 5) is 37.4. The Labute approximate surface area is 185 Å². The number of hydrogen-bond donors (Lipinski definition) is 0. The molecule has 1 fully saturated rings. The summed E-state index contributed by atoms with van der Waals surface area (Å²) in [5, 5.41) is 0. The van der Waals surface area contributed by atoms with Crippen LogP contribution in [0.25, 0.3) is 5.57 Å². The molecule has 3 nitrogen and oxygen atoms in total. The van der Waals surface area contributed by atoms with E-state index in [1.54, 1.807) is 36.4 Å². The smallest absolute Gasteiger partial charge is 0.195 e. The van der Waals surface area contributed by atoms with Crippen LogP contribution in [0.1, 0.15) is 67.0 Å². The van der Waals surface area contributed by atoms with Crippen molar-refractivity contribution in [2.75, 3.05) is 0 Å². The summed E-state index contributed by atoms with van der Waals surface area (Å²) in [7, 11) is 0. The number of allylic oxidation sites excluding steroid dienone is 2. The third-order valence-corrected chi connectivity index (χ3v) is 6.16. The van der Waals surface area contributed by atoms with E-state index in [1.165, 1.54) is 6.07 Å². The molecule has 0 atom stereocenters. The molecule has 2 aliphatic rings. The average Bonchev–Trinajstić information content (AvgIpc) is 3.67. The molecule has 0 aliphatic heterocycles. The molecule has 2 aliphatic carbocycles. The van der Waals surface area contributed by atoms with Crippen LogP contribution < -0.4 is 0 Å². The van der Waals surface area contributed by atoms with Gasteiger partial charge in [-0.2, -0.15) is 0 Å². The molecule has 5 rings (SSSR count). The molecule has 3 aromatic rings.